The van der Waals surface area contributed by atoms with E-state index in [1.54, 1.807) is 0 Å². The molecule has 2 unspecified atom stereocenters. The minimum atomic E-state index is -1.61. The first-order chi connectivity index (χ1) is 28.6. The number of unbranched alkanes of at least 4 members (excludes halogenated alkanes) is 32. The zero-order valence-electron chi connectivity index (χ0n) is 39.7. The zero-order chi connectivity index (χ0) is 43.5. The highest BCUT2D eigenvalue weighted by molar-refractivity contribution is 5.70. The number of carboxylic acid groups (broad SMARTS) is 1. The van der Waals surface area contributed by atoms with Crippen LogP contribution in [0.4, 0.5) is 0 Å². The third-order valence-electron chi connectivity index (χ3n) is 11.4. The summed E-state index contributed by atoms with van der Waals surface area (Å²) in [6.07, 6.45) is 41.6. The van der Waals surface area contributed by atoms with Gasteiger partial charge < -0.3 is 33.3 Å². The molecule has 0 saturated carbocycles. The number of hydrogen-bond donors (Lipinski definition) is 0. The Morgan fingerprint density at radius 3 is 1.08 bits per heavy atom. The standard InChI is InChI=1S/C50H97NO8/c1-6-8-10-12-14-16-17-18-19-20-21-22-23-24-25-26-27-28-29-30-31-33-35-37-39-41-48(53)59-46(45-58-50(49(54)55)56-43-42-51(3,4)5)44-57-47(52)40-38-36-34-32-15-13-11-9-7-2/h46,50H,6-45H2,1-5H3. The van der Waals surface area contributed by atoms with Crippen LogP contribution in [-0.4, -0.2) is 82.3 Å². The van der Waals surface area contributed by atoms with Crippen LogP contribution in [0.2, 0.25) is 0 Å². The van der Waals surface area contributed by atoms with Crippen molar-refractivity contribution in [2.24, 2.45) is 0 Å². The van der Waals surface area contributed by atoms with Crippen molar-refractivity contribution in [2.45, 2.75) is 257 Å². The van der Waals surface area contributed by atoms with Gasteiger partial charge in [-0.1, -0.05) is 219 Å². The van der Waals surface area contributed by atoms with Crippen LogP contribution in [0, 0.1) is 0 Å². The van der Waals surface area contributed by atoms with Gasteiger partial charge in [-0.2, -0.15) is 0 Å². The fraction of sp³-hybridized carbons (Fsp3) is 0.940. The second-order valence-electron chi connectivity index (χ2n) is 18.5. The molecule has 0 aliphatic carbocycles. The number of rotatable bonds is 47. The topological polar surface area (TPSA) is 111 Å². The number of quaternary nitrogens is 1. The largest absolute Gasteiger partial charge is 0.545 e. The molecule has 0 aromatic rings. The number of likely N-dealkylation sites (N-methyl/N-ethyl adjacent to an activating group) is 1. The van der Waals surface area contributed by atoms with E-state index in [4.69, 9.17) is 18.9 Å². The molecule has 0 radical (unpaired) electrons. The number of aliphatic carboxylic acids is 1. The molecule has 0 rings (SSSR count). The van der Waals surface area contributed by atoms with E-state index in [0.717, 1.165) is 38.5 Å². The van der Waals surface area contributed by atoms with Crippen molar-refractivity contribution in [3.05, 3.63) is 0 Å². The molecule has 0 bridgehead atoms. The maximum absolute atomic E-state index is 12.8. The Morgan fingerprint density at radius 1 is 0.441 bits per heavy atom. The molecule has 0 aromatic heterocycles. The predicted octanol–water partition coefficient (Wildman–Crippen LogP) is 12.3. The van der Waals surface area contributed by atoms with Crippen molar-refractivity contribution in [1.29, 1.82) is 0 Å². The molecule has 59 heavy (non-hydrogen) atoms. The van der Waals surface area contributed by atoms with E-state index in [0.29, 0.717) is 17.4 Å². The third kappa shape index (κ3) is 44.2. The van der Waals surface area contributed by atoms with Crippen molar-refractivity contribution in [3.8, 4) is 0 Å². The lowest BCUT2D eigenvalue weighted by atomic mass is 10.0. The van der Waals surface area contributed by atoms with Gasteiger partial charge in [0.2, 0.25) is 0 Å². The molecule has 0 spiro atoms. The Hall–Kier alpha value is -1.71. The molecular weight excluding hydrogens is 743 g/mol. The van der Waals surface area contributed by atoms with Crippen LogP contribution in [0.1, 0.15) is 245 Å². The fourth-order valence-corrected chi connectivity index (χ4v) is 7.42. The quantitative estimate of drug-likeness (QED) is 0.0258. The molecule has 0 aliphatic rings. The average Bonchev–Trinajstić information content (AvgIpc) is 3.19. The van der Waals surface area contributed by atoms with E-state index in [1.165, 1.54) is 180 Å². The third-order valence-corrected chi connectivity index (χ3v) is 11.4. The van der Waals surface area contributed by atoms with E-state index in [2.05, 4.69) is 13.8 Å². The average molecular weight is 840 g/mol. The van der Waals surface area contributed by atoms with E-state index in [-0.39, 0.29) is 32.2 Å². The SMILES string of the molecule is CCCCCCCCCCCCCCCCCCCCCCCCCCCC(=O)OC(COC(=O)CCCCCCCCCCC)COC(OCC[N+](C)(C)C)C(=O)[O-]. The van der Waals surface area contributed by atoms with Crippen LogP contribution in [0.3, 0.4) is 0 Å². The van der Waals surface area contributed by atoms with Gasteiger partial charge in [0.1, 0.15) is 13.2 Å². The Kier molecular flexibility index (Phi) is 41.7. The van der Waals surface area contributed by atoms with E-state index >= 15 is 0 Å². The summed E-state index contributed by atoms with van der Waals surface area (Å²) in [5.41, 5.74) is 0. The molecule has 0 aliphatic heterocycles. The normalized spacial score (nSPS) is 12.8. The molecule has 9 heteroatoms. The molecule has 0 aromatic carbocycles. The highest BCUT2D eigenvalue weighted by Crippen LogP contribution is 2.17. The Bertz CT molecular complexity index is 938. The summed E-state index contributed by atoms with van der Waals surface area (Å²) in [6.45, 7) is 4.76. The number of carboxylic acids is 1. The zero-order valence-corrected chi connectivity index (χ0v) is 39.7. The number of carbonyl (C=O) groups is 3. The minimum absolute atomic E-state index is 0.153. The summed E-state index contributed by atoms with van der Waals surface area (Å²) in [4.78, 5) is 36.9. The number of hydrogen-bond acceptors (Lipinski definition) is 8. The summed E-state index contributed by atoms with van der Waals surface area (Å²) < 4.78 is 22.6. The highest BCUT2D eigenvalue weighted by atomic mass is 16.7. The maximum Gasteiger partial charge on any atom is 0.306 e. The first-order valence-corrected chi connectivity index (χ1v) is 25.2. The highest BCUT2D eigenvalue weighted by Gasteiger charge is 2.22. The molecule has 9 nitrogen and oxygen atoms in total. The molecule has 0 fully saturated rings. The van der Waals surface area contributed by atoms with E-state index < -0.39 is 24.3 Å². The lowest BCUT2D eigenvalue weighted by Crippen LogP contribution is -2.44. The van der Waals surface area contributed by atoms with Crippen LogP contribution in [0.15, 0.2) is 0 Å². The maximum atomic E-state index is 12.8. The first kappa shape index (κ1) is 57.3. The summed E-state index contributed by atoms with van der Waals surface area (Å²) in [6, 6.07) is 0. The van der Waals surface area contributed by atoms with Crippen LogP contribution < -0.4 is 5.11 Å². The van der Waals surface area contributed by atoms with Gasteiger partial charge in [-0.3, -0.25) is 9.59 Å². The van der Waals surface area contributed by atoms with Crippen molar-refractivity contribution in [2.75, 3.05) is 47.5 Å². The Morgan fingerprint density at radius 2 is 0.763 bits per heavy atom. The first-order valence-electron chi connectivity index (χ1n) is 25.2. The van der Waals surface area contributed by atoms with Gasteiger partial charge >= 0.3 is 11.9 Å². The number of nitrogens with zero attached hydrogens (tertiary/aromatic N) is 1. The molecule has 350 valence electrons. The molecule has 0 N–H and O–H groups in total. The minimum Gasteiger partial charge on any atom is -0.545 e. The van der Waals surface area contributed by atoms with Crippen molar-refractivity contribution < 1.29 is 42.9 Å². The summed E-state index contributed by atoms with van der Waals surface area (Å²) >= 11 is 0. The van der Waals surface area contributed by atoms with Gasteiger partial charge in [0.25, 0.3) is 0 Å². The second-order valence-corrected chi connectivity index (χ2v) is 18.5. The number of esters is 2. The summed E-state index contributed by atoms with van der Waals surface area (Å²) in [7, 11) is 5.92. The van der Waals surface area contributed by atoms with Crippen molar-refractivity contribution in [1.82, 2.24) is 0 Å². The van der Waals surface area contributed by atoms with Crippen LogP contribution in [0.25, 0.3) is 0 Å². The Balaban J connectivity index is 4.13. The molecule has 0 amide bonds. The van der Waals surface area contributed by atoms with Crippen LogP contribution in [-0.2, 0) is 33.3 Å². The van der Waals surface area contributed by atoms with Gasteiger partial charge in [-0.15, -0.1) is 0 Å². The van der Waals surface area contributed by atoms with Gasteiger partial charge in [0.05, 0.1) is 40.3 Å². The van der Waals surface area contributed by atoms with E-state index in [9.17, 15) is 19.5 Å². The fourth-order valence-electron chi connectivity index (χ4n) is 7.42. The monoisotopic (exact) mass is 840 g/mol. The molecule has 0 heterocycles. The van der Waals surface area contributed by atoms with Gasteiger partial charge in [-0.05, 0) is 12.8 Å². The lowest BCUT2D eigenvalue weighted by Gasteiger charge is -2.26. The van der Waals surface area contributed by atoms with Crippen molar-refractivity contribution >= 4 is 17.9 Å². The van der Waals surface area contributed by atoms with Crippen molar-refractivity contribution in [3.63, 3.8) is 0 Å². The second kappa shape index (κ2) is 43.0. The van der Waals surface area contributed by atoms with Gasteiger partial charge in [-0.25, -0.2) is 0 Å². The smallest absolute Gasteiger partial charge is 0.306 e. The predicted molar refractivity (Wildman–Crippen MR) is 242 cm³/mol. The lowest BCUT2D eigenvalue weighted by molar-refractivity contribution is -0.870. The molecule has 2 atom stereocenters. The number of carbonyl (C=O) groups excluding carboxylic acids is 3. The molecular formula is C50H97NO8. The van der Waals surface area contributed by atoms with Crippen LogP contribution >= 0.6 is 0 Å². The van der Waals surface area contributed by atoms with Gasteiger partial charge in [0, 0.05) is 12.8 Å². The summed E-state index contributed by atoms with van der Waals surface area (Å²) in [5, 5.41) is 11.7. The molecule has 0 saturated heterocycles. The van der Waals surface area contributed by atoms with Gasteiger partial charge in [0.15, 0.2) is 12.4 Å². The van der Waals surface area contributed by atoms with Crippen LogP contribution in [0.5, 0.6) is 0 Å². The summed E-state index contributed by atoms with van der Waals surface area (Å²) in [5.74, 6) is -2.27. The number of ether oxygens (including phenoxy) is 4. The Labute approximate surface area is 364 Å². The van der Waals surface area contributed by atoms with E-state index in [1.807, 2.05) is 21.1 Å².